The van der Waals surface area contributed by atoms with Crippen LogP contribution in [-0.2, 0) is 4.74 Å². The average Bonchev–Trinajstić information content (AvgIpc) is 2.60. The maximum atomic E-state index is 12.9. The Morgan fingerprint density at radius 2 is 1.80 bits per heavy atom. The standard InChI is InChI=1S/C19H23N3O3/c1-12(25-4)20-16-9-8-15-17-13(16)6-5-7-14(17)18(23)22(19(15)24)11-10-21(2)3/h5-9,12,20H,10-11H2,1-4H3. The van der Waals surface area contributed by atoms with E-state index in [1.165, 1.54) is 4.90 Å². The number of rotatable bonds is 6. The Morgan fingerprint density at radius 3 is 2.44 bits per heavy atom. The largest absolute Gasteiger partial charge is 0.362 e. The minimum Gasteiger partial charge on any atom is -0.362 e. The Kier molecular flexibility index (Phi) is 4.74. The molecule has 0 saturated carbocycles. The molecule has 0 radical (unpaired) electrons. The topological polar surface area (TPSA) is 61.9 Å². The van der Waals surface area contributed by atoms with E-state index in [0.717, 1.165) is 11.1 Å². The van der Waals surface area contributed by atoms with Gasteiger partial charge in [0.05, 0.1) is 0 Å². The molecule has 2 aromatic rings. The summed E-state index contributed by atoms with van der Waals surface area (Å²) in [5.74, 6) is -0.469. The van der Waals surface area contributed by atoms with Gasteiger partial charge in [-0.15, -0.1) is 0 Å². The monoisotopic (exact) mass is 341 g/mol. The summed E-state index contributed by atoms with van der Waals surface area (Å²) in [5.41, 5.74) is 1.98. The zero-order valence-electron chi connectivity index (χ0n) is 15.0. The van der Waals surface area contributed by atoms with Gasteiger partial charge in [0, 0.05) is 47.8 Å². The Labute approximate surface area is 147 Å². The van der Waals surface area contributed by atoms with E-state index < -0.39 is 0 Å². The van der Waals surface area contributed by atoms with Gasteiger partial charge in [0.2, 0.25) is 0 Å². The number of benzene rings is 2. The lowest BCUT2D eigenvalue weighted by molar-refractivity contribution is 0.0601. The summed E-state index contributed by atoms with van der Waals surface area (Å²) in [6.07, 6.45) is -0.177. The lowest BCUT2D eigenvalue weighted by Gasteiger charge is -2.29. The number of carbonyl (C=O) groups is 2. The summed E-state index contributed by atoms with van der Waals surface area (Å²) in [5, 5.41) is 4.82. The molecule has 1 unspecified atom stereocenters. The van der Waals surface area contributed by atoms with Crippen molar-refractivity contribution in [3.8, 4) is 0 Å². The number of amides is 2. The van der Waals surface area contributed by atoms with Gasteiger partial charge in [-0.25, -0.2) is 0 Å². The van der Waals surface area contributed by atoms with Crippen LogP contribution in [0.3, 0.4) is 0 Å². The molecule has 1 aliphatic rings. The van der Waals surface area contributed by atoms with E-state index in [2.05, 4.69) is 5.32 Å². The lowest BCUT2D eigenvalue weighted by atomic mass is 9.93. The van der Waals surface area contributed by atoms with Crippen LogP contribution in [0.15, 0.2) is 30.3 Å². The second-order valence-electron chi connectivity index (χ2n) is 6.48. The number of imide groups is 1. The molecule has 1 atom stereocenters. The van der Waals surface area contributed by atoms with Crippen LogP contribution in [0.25, 0.3) is 10.8 Å². The van der Waals surface area contributed by atoms with Crippen molar-refractivity contribution in [1.82, 2.24) is 9.80 Å². The summed E-state index contributed by atoms with van der Waals surface area (Å²) in [6.45, 7) is 2.91. The van der Waals surface area contributed by atoms with E-state index in [-0.39, 0.29) is 18.0 Å². The Hall–Kier alpha value is -2.44. The van der Waals surface area contributed by atoms with Crippen molar-refractivity contribution >= 4 is 28.3 Å². The molecule has 132 valence electrons. The van der Waals surface area contributed by atoms with Crippen molar-refractivity contribution in [2.45, 2.75) is 13.2 Å². The van der Waals surface area contributed by atoms with Crippen molar-refractivity contribution in [2.75, 3.05) is 39.6 Å². The Balaban J connectivity index is 2.09. The van der Waals surface area contributed by atoms with Gasteiger partial charge in [0.25, 0.3) is 11.8 Å². The molecule has 6 heteroatoms. The van der Waals surface area contributed by atoms with Gasteiger partial charge in [-0.2, -0.15) is 0 Å². The molecule has 2 amide bonds. The first-order valence-electron chi connectivity index (χ1n) is 8.30. The molecule has 1 N–H and O–H groups in total. The minimum atomic E-state index is -0.234. The molecule has 6 nitrogen and oxygen atoms in total. The van der Waals surface area contributed by atoms with E-state index in [4.69, 9.17) is 4.74 Å². The van der Waals surface area contributed by atoms with Crippen LogP contribution in [0.4, 0.5) is 5.69 Å². The van der Waals surface area contributed by atoms with Crippen LogP contribution in [0, 0.1) is 0 Å². The summed E-state index contributed by atoms with van der Waals surface area (Å²) >= 11 is 0. The predicted octanol–water partition coefficient (Wildman–Crippen LogP) is 2.40. The first-order valence-corrected chi connectivity index (χ1v) is 8.30. The van der Waals surface area contributed by atoms with Gasteiger partial charge in [-0.3, -0.25) is 14.5 Å². The quantitative estimate of drug-likeness (QED) is 0.646. The molecule has 0 aliphatic carbocycles. The zero-order valence-corrected chi connectivity index (χ0v) is 15.0. The van der Waals surface area contributed by atoms with E-state index in [1.54, 1.807) is 19.2 Å². The normalized spacial score (nSPS) is 15.2. The number of nitrogens with one attached hydrogen (secondary N) is 1. The maximum absolute atomic E-state index is 12.9. The molecule has 0 saturated heterocycles. The highest BCUT2D eigenvalue weighted by molar-refractivity contribution is 6.26. The van der Waals surface area contributed by atoms with Crippen molar-refractivity contribution < 1.29 is 14.3 Å². The third-order valence-corrected chi connectivity index (χ3v) is 4.47. The molecule has 0 aromatic heterocycles. The number of nitrogens with zero attached hydrogens (tertiary/aromatic N) is 2. The third kappa shape index (κ3) is 3.10. The van der Waals surface area contributed by atoms with Gasteiger partial charge in [-0.05, 0) is 39.2 Å². The highest BCUT2D eigenvalue weighted by Gasteiger charge is 2.33. The van der Waals surface area contributed by atoms with Gasteiger partial charge in [0.1, 0.15) is 6.23 Å². The number of hydrogen-bond donors (Lipinski definition) is 1. The zero-order chi connectivity index (χ0) is 18.1. The first-order chi connectivity index (χ1) is 11.9. The smallest absolute Gasteiger partial charge is 0.261 e. The lowest BCUT2D eigenvalue weighted by Crippen LogP contribution is -2.43. The van der Waals surface area contributed by atoms with Crippen LogP contribution in [0.1, 0.15) is 27.6 Å². The SMILES string of the molecule is COC(C)Nc1ccc2c3c(cccc13)C(=O)N(CCN(C)C)C2=O. The predicted molar refractivity (Wildman–Crippen MR) is 98.0 cm³/mol. The fraction of sp³-hybridized carbons (Fsp3) is 0.368. The minimum absolute atomic E-state index is 0.177. The second-order valence-corrected chi connectivity index (χ2v) is 6.48. The first kappa shape index (κ1) is 17.4. The fourth-order valence-corrected chi connectivity index (χ4v) is 3.05. The molecule has 1 heterocycles. The Bertz CT molecular complexity index is 810. The van der Waals surface area contributed by atoms with Crippen LogP contribution in [0.5, 0.6) is 0 Å². The fourth-order valence-electron chi connectivity index (χ4n) is 3.05. The van der Waals surface area contributed by atoms with Gasteiger partial charge >= 0.3 is 0 Å². The van der Waals surface area contributed by atoms with E-state index in [9.17, 15) is 9.59 Å². The molecule has 25 heavy (non-hydrogen) atoms. The number of likely N-dealkylation sites (N-methyl/N-ethyl adjacent to an activating group) is 1. The van der Waals surface area contributed by atoms with Crippen LogP contribution < -0.4 is 5.32 Å². The third-order valence-electron chi connectivity index (χ3n) is 4.47. The van der Waals surface area contributed by atoms with Crippen molar-refractivity contribution in [3.05, 3.63) is 41.5 Å². The van der Waals surface area contributed by atoms with Crippen molar-refractivity contribution in [2.24, 2.45) is 0 Å². The second kappa shape index (κ2) is 6.82. The number of hydrogen-bond acceptors (Lipinski definition) is 5. The molecule has 0 bridgehead atoms. The number of anilines is 1. The van der Waals surface area contributed by atoms with Crippen molar-refractivity contribution in [1.29, 1.82) is 0 Å². The highest BCUT2D eigenvalue weighted by atomic mass is 16.5. The average molecular weight is 341 g/mol. The van der Waals surface area contributed by atoms with E-state index >= 15 is 0 Å². The molecule has 0 spiro atoms. The Morgan fingerprint density at radius 1 is 1.12 bits per heavy atom. The molecular formula is C19H23N3O3. The highest BCUT2D eigenvalue weighted by Crippen LogP contribution is 2.34. The van der Waals surface area contributed by atoms with E-state index in [0.29, 0.717) is 29.6 Å². The molecule has 1 aliphatic heterocycles. The summed E-state index contributed by atoms with van der Waals surface area (Å²) in [4.78, 5) is 29.0. The number of carbonyl (C=O) groups excluding carboxylic acids is 2. The molecule has 0 fully saturated rings. The maximum Gasteiger partial charge on any atom is 0.261 e. The molecule has 3 rings (SSSR count). The summed E-state index contributed by atoms with van der Waals surface area (Å²) in [6, 6.07) is 9.21. The molecule has 2 aromatic carbocycles. The van der Waals surface area contributed by atoms with Gasteiger partial charge < -0.3 is 15.0 Å². The van der Waals surface area contributed by atoms with Crippen molar-refractivity contribution in [3.63, 3.8) is 0 Å². The van der Waals surface area contributed by atoms with Gasteiger partial charge in [-0.1, -0.05) is 12.1 Å². The van der Waals surface area contributed by atoms with Gasteiger partial charge in [0.15, 0.2) is 0 Å². The van der Waals surface area contributed by atoms with Crippen LogP contribution >= 0.6 is 0 Å². The molecular weight excluding hydrogens is 318 g/mol. The number of ether oxygens (including phenoxy) is 1. The van der Waals surface area contributed by atoms with E-state index in [1.807, 2.05) is 44.1 Å². The van der Waals surface area contributed by atoms with Crippen LogP contribution in [0.2, 0.25) is 0 Å². The van der Waals surface area contributed by atoms with Crippen LogP contribution in [-0.4, -0.2) is 62.1 Å². The number of methoxy groups -OCH3 is 1. The summed E-state index contributed by atoms with van der Waals surface area (Å²) in [7, 11) is 5.46. The summed E-state index contributed by atoms with van der Waals surface area (Å²) < 4.78 is 5.26.